The number of rotatable bonds is 1. The lowest BCUT2D eigenvalue weighted by Gasteiger charge is -1.98. The van der Waals surface area contributed by atoms with Crippen molar-refractivity contribution >= 4 is 62.9 Å². The van der Waals surface area contributed by atoms with Gasteiger partial charge in [0, 0.05) is 11.6 Å². The van der Waals surface area contributed by atoms with Crippen molar-refractivity contribution in [1.29, 1.82) is 0 Å². The Kier molecular flexibility index (Phi) is 7.83. The van der Waals surface area contributed by atoms with Gasteiger partial charge in [-0.25, -0.2) is 0 Å². The largest absolute Gasteiger partial charge is 0.273 e. The minimum atomic E-state index is -0.489. The fourth-order valence-corrected chi connectivity index (χ4v) is 1.21. The maximum atomic E-state index is 10.4. The first-order valence-electron chi connectivity index (χ1n) is 3.12. The van der Waals surface area contributed by atoms with Crippen molar-refractivity contribution in [2.24, 2.45) is 0 Å². The number of hydrogen-bond acceptors (Lipinski definition) is 2. The van der Waals surface area contributed by atoms with E-state index in [1.54, 1.807) is 6.92 Å². The van der Waals surface area contributed by atoms with Crippen LogP contribution in [-0.4, -0.2) is 4.92 Å². The van der Waals surface area contributed by atoms with Crippen LogP contribution in [0.3, 0.4) is 0 Å². The molecule has 0 saturated heterocycles. The molecule has 0 amide bonds. The molecular formula is C7H7Br2Cl2NO2. The van der Waals surface area contributed by atoms with Crippen LogP contribution in [0.5, 0.6) is 0 Å². The Morgan fingerprint density at radius 3 is 2.07 bits per heavy atom. The zero-order chi connectivity index (χ0) is 9.30. The maximum Gasteiger partial charge on any atom is 0.273 e. The molecule has 1 rings (SSSR count). The van der Waals surface area contributed by atoms with Gasteiger partial charge in [-0.3, -0.25) is 10.1 Å². The number of halogens is 4. The zero-order valence-electron chi connectivity index (χ0n) is 6.99. The predicted molar refractivity (Wildman–Crippen MR) is 68.5 cm³/mol. The standard InChI is InChI=1S/C7H5Cl2NO2.2BrH/c1-4-2-5(8)6(9)3-7(4)10(11)12;;/h2-3H,1H3;2*1H. The van der Waals surface area contributed by atoms with Crippen molar-refractivity contribution in [2.75, 3.05) is 0 Å². The summed E-state index contributed by atoms with van der Waals surface area (Å²) in [5.41, 5.74) is 0.499. The summed E-state index contributed by atoms with van der Waals surface area (Å²) < 4.78 is 0. The number of nitro groups is 1. The van der Waals surface area contributed by atoms with Gasteiger partial charge in [0.2, 0.25) is 0 Å². The lowest BCUT2D eigenvalue weighted by molar-refractivity contribution is -0.385. The molecule has 0 spiro atoms. The van der Waals surface area contributed by atoms with Gasteiger partial charge in [0.15, 0.2) is 0 Å². The molecule has 1 aromatic carbocycles. The summed E-state index contributed by atoms with van der Waals surface area (Å²) >= 11 is 11.2. The summed E-state index contributed by atoms with van der Waals surface area (Å²) in [6.45, 7) is 1.61. The van der Waals surface area contributed by atoms with Crippen LogP contribution in [0.2, 0.25) is 10.0 Å². The lowest BCUT2D eigenvalue weighted by atomic mass is 10.2. The fourth-order valence-electron chi connectivity index (χ4n) is 0.832. The zero-order valence-corrected chi connectivity index (χ0v) is 11.9. The van der Waals surface area contributed by atoms with Crippen LogP contribution in [0.1, 0.15) is 5.56 Å². The maximum absolute atomic E-state index is 10.4. The number of aryl methyl sites for hydroxylation is 1. The second kappa shape index (κ2) is 6.61. The highest BCUT2D eigenvalue weighted by Crippen LogP contribution is 2.29. The van der Waals surface area contributed by atoms with Gasteiger partial charge in [-0.15, -0.1) is 34.0 Å². The van der Waals surface area contributed by atoms with Crippen LogP contribution >= 0.6 is 57.2 Å². The van der Waals surface area contributed by atoms with E-state index in [0.717, 1.165) is 0 Å². The predicted octanol–water partition coefficient (Wildman–Crippen LogP) is 4.37. The van der Waals surface area contributed by atoms with Gasteiger partial charge in [0.1, 0.15) is 0 Å². The van der Waals surface area contributed by atoms with Gasteiger partial charge in [0.05, 0.1) is 15.0 Å². The third-order valence-corrected chi connectivity index (χ3v) is 2.16. The molecule has 0 heterocycles. The van der Waals surface area contributed by atoms with Crippen molar-refractivity contribution < 1.29 is 4.92 Å². The molecule has 0 N–H and O–H groups in total. The monoisotopic (exact) mass is 365 g/mol. The van der Waals surface area contributed by atoms with Crippen molar-refractivity contribution in [3.05, 3.63) is 37.9 Å². The molecule has 80 valence electrons. The Morgan fingerprint density at radius 1 is 1.21 bits per heavy atom. The molecule has 3 nitrogen and oxygen atoms in total. The van der Waals surface area contributed by atoms with Crippen LogP contribution in [0.15, 0.2) is 12.1 Å². The molecule has 0 radical (unpaired) electrons. The van der Waals surface area contributed by atoms with E-state index in [2.05, 4.69) is 0 Å². The molecule has 0 atom stereocenters. The average molecular weight is 368 g/mol. The van der Waals surface area contributed by atoms with Gasteiger partial charge in [-0.05, 0) is 13.0 Å². The normalized spacial score (nSPS) is 8.50. The van der Waals surface area contributed by atoms with Gasteiger partial charge >= 0.3 is 0 Å². The van der Waals surface area contributed by atoms with Crippen LogP contribution < -0.4 is 0 Å². The average Bonchev–Trinajstić information content (AvgIpc) is 1.96. The molecule has 0 aliphatic heterocycles. The van der Waals surface area contributed by atoms with Crippen LogP contribution in [0, 0.1) is 17.0 Å². The molecule has 1 aromatic rings. The van der Waals surface area contributed by atoms with Gasteiger partial charge in [0.25, 0.3) is 5.69 Å². The van der Waals surface area contributed by atoms with Crippen LogP contribution in [0.4, 0.5) is 5.69 Å². The van der Waals surface area contributed by atoms with E-state index in [4.69, 9.17) is 23.2 Å². The molecule has 0 aliphatic rings. The van der Waals surface area contributed by atoms with Gasteiger partial charge in [-0.2, -0.15) is 0 Å². The van der Waals surface area contributed by atoms with Gasteiger partial charge < -0.3 is 0 Å². The molecule has 0 unspecified atom stereocenters. The third kappa shape index (κ3) is 3.73. The summed E-state index contributed by atoms with van der Waals surface area (Å²) in [4.78, 5) is 9.90. The number of nitro benzene ring substituents is 1. The SMILES string of the molecule is Br.Br.Cc1cc(Cl)c(Cl)cc1[N+](=O)[O-]. The Balaban J connectivity index is 0. The summed E-state index contributed by atoms with van der Waals surface area (Å²) in [6, 6.07) is 2.72. The lowest BCUT2D eigenvalue weighted by Crippen LogP contribution is -1.91. The van der Waals surface area contributed by atoms with E-state index < -0.39 is 4.92 Å². The van der Waals surface area contributed by atoms with Gasteiger partial charge in [-0.1, -0.05) is 23.2 Å². The summed E-state index contributed by atoms with van der Waals surface area (Å²) in [5, 5.41) is 10.9. The highest BCUT2D eigenvalue weighted by atomic mass is 79.9. The second-order valence-electron chi connectivity index (χ2n) is 2.31. The first kappa shape index (κ1) is 16.6. The Hall–Kier alpha value is 0.160. The molecule has 0 fully saturated rings. The Labute approximate surface area is 112 Å². The van der Waals surface area contributed by atoms with Crippen molar-refractivity contribution in [3.63, 3.8) is 0 Å². The van der Waals surface area contributed by atoms with Crippen molar-refractivity contribution in [1.82, 2.24) is 0 Å². The van der Waals surface area contributed by atoms with E-state index in [0.29, 0.717) is 10.6 Å². The topological polar surface area (TPSA) is 43.1 Å². The molecular weight excluding hydrogens is 361 g/mol. The first-order chi connectivity index (χ1) is 5.52. The number of nitrogens with zero attached hydrogens (tertiary/aromatic N) is 1. The van der Waals surface area contributed by atoms with E-state index in [1.165, 1.54) is 12.1 Å². The molecule has 0 aromatic heterocycles. The third-order valence-electron chi connectivity index (χ3n) is 1.44. The Bertz CT molecular complexity index is 347. The second-order valence-corrected chi connectivity index (χ2v) is 3.12. The highest BCUT2D eigenvalue weighted by molar-refractivity contribution is 8.93. The summed E-state index contributed by atoms with van der Waals surface area (Å²) in [5.74, 6) is 0. The highest BCUT2D eigenvalue weighted by Gasteiger charge is 2.12. The number of benzene rings is 1. The van der Waals surface area contributed by atoms with Crippen LogP contribution in [0.25, 0.3) is 0 Å². The quantitative estimate of drug-likeness (QED) is 0.546. The summed E-state index contributed by atoms with van der Waals surface area (Å²) in [6.07, 6.45) is 0. The van der Waals surface area contributed by atoms with E-state index in [9.17, 15) is 10.1 Å². The van der Waals surface area contributed by atoms with Crippen molar-refractivity contribution in [2.45, 2.75) is 6.92 Å². The minimum absolute atomic E-state index is 0. The molecule has 0 bridgehead atoms. The smallest absolute Gasteiger partial charge is 0.258 e. The molecule has 0 aliphatic carbocycles. The summed E-state index contributed by atoms with van der Waals surface area (Å²) in [7, 11) is 0. The van der Waals surface area contributed by atoms with E-state index in [1.807, 2.05) is 0 Å². The van der Waals surface area contributed by atoms with E-state index >= 15 is 0 Å². The van der Waals surface area contributed by atoms with Crippen LogP contribution in [-0.2, 0) is 0 Å². The van der Waals surface area contributed by atoms with E-state index in [-0.39, 0.29) is 44.7 Å². The first-order valence-corrected chi connectivity index (χ1v) is 3.88. The molecule has 14 heavy (non-hydrogen) atoms. The Morgan fingerprint density at radius 2 is 1.64 bits per heavy atom. The molecule has 7 heteroatoms. The molecule has 0 saturated carbocycles. The fraction of sp³-hybridized carbons (Fsp3) is 0.143. The van der Waals surface area contributed by atoms with Crippen molar-refractivity contribution in [3.8, 4) is 0 Å². The number of hydrogen-bond donors (Lipinski definition) is 0. The minimum Gasteiger partial charge on any atom is -0.258 e.